The number of benzene rings is 3. The third-order valence-electron chi connectivity index (χ3n) is 4.82. The molecule has 0 spiro atoms. The highest BCUT2D eigenvalue weighted by Crippen LogP contribution is 2.25. The third kappa shape index (κ3) is 4.46. The lowest BCUT2D eigenvalue weighted by Crippen LogP contribution is -2.08. The van der Waals surface area contributed by atoms with Crippen molar-refractivity contribution in [3.8, 4) is 0 Å². The molecule has 0 bridgehead atoms. The Labute approximate surface area is 171 Å². The van der Waals surface area contributed by atoms with Gasteiger partial charge in [-0.3, -0.25) is 0 Å². The quantitative estimate of drug-likeness (QED) is 0.469. The summed E-state index contributed by atoms with van der Waals surface area (Å²) in [6.07, 6.45) is 0. The maximum absolute atomic E-state index is 4.74. The first kappa shape index (κ1) is 18.7. The SMILES string of the molecule is Cc1ccc(CNc2nc(Nc3ccc(N(C)C)cc3)nc3ccccc23)cc1. The first-order valence-corrected chi connectivity index (χ1v) is 9.69. The van der Waals surface area contributed by atoms with Gasteiger partial charge in [-0.1, -0.05) is 42.0 Å². The molecule has 0 saturated carbocycles. The molecule has 0 unspecified atom stereocenters. The predicted octanol–water partition coefficient (Wildman–Crippen LogP) is 5.36. The van der Waals surface area contributed by atoms with Crippen LogP contribution < -0.4 is 15.5 Å². The number of anilines is 4. The van der Waals surface area contributed by atoms with Gasteiger partial charge >= 0.3 is 0 Å². The molecule has 0 aliphatic carbocycles. The summed E-state index contributed by atoms with van der Waals surface area (Å²) in [7, 11) is 4.06. The van der Waals surface area contributed by atoms with E-state index >= 15 is 0 Å². The van der Waals surface area contributed by atoms with E-state index in [2.05, 4.69) is 63.8 Å². The molecule has 0 saturated heterocycles. The molecule has 0 amide bonds. The Morgan fingerprint density at radius 1 is 0.828 bits per heavy atom. The molecule has 0 aliphatic rings. The number of aryl methyl sites for hydroxylation is 1. The van der Waals surface area contributed by atoms with Gasteiger partial charge in [0.2, 0.25) is 5.95 Å². The summed E-state index contributed by atoms with van der Waals surface area (Å²) in [5.41, 5.74) is 5.48. The molecule has 1 heterocycles. The lowest BCUT2D eigenvalue weighted by atomic mass is 10.1. The molecule has 3 aromatic carbocycles. The van der Waals surface area contributed by atoms with E-state index in [0.717, 1.165) is 28.1 Å². The topological polar surface area (TPSA) is 53.1 Å². The van der Waals surface area contributed by atoms with Crippen molar-refractivity contribution in [3.63, 3.8) is 0 Å². The standard InChI is InChI=1S/C24H25N5/c1-17-8-10-18(11-9-17)16-25-23-21-6-4-5-7-22(21)27-24(28-23)26-19-12-14-20(15-13-19)29(2)3/h4-15H,16H2,1-3H3,(H2,25,26,27,28). The Morgan fingerprint density at radius 3 is 2.28 bits per heavy atom. The highest BCUT2D eigenvalue weighted by Gasteiger charge is 2.08. The average Bonchev–Trinajstić information content (AvgIpc) is 2.73. The van der Waals surface area contributed by atoms with Gasteiger partial charge in [-0.25, -0.2) is 4.98 Å². The van der Waals surface area contributed by atoms with Gasteiger partial charge in [0, 0.05) is 37.4 Å². The first-order valence-electron chi connectivity index (χ1n) is 9.69. The molecule has 146 valence electrons. The molecular formula is C24H25N5. The van der Waals surface area contributed by atoms with E-state index in [1.807, 2.05) is 50.5 Å². The normalized spacial score (nSPS) is 10.7. The van der Waals surface area contributed by atoms with Crippen LogP contribution in [0.15, 0.2) is 72.8 Å². The number of hydrogen-bond donors (Lipinski definition) is 2. The Balaban J connectivity index is 1.60. The van der Waals surface area contributed by atoms with Crippen molar-refractivity contribution in [1.29, 1.82) is 0 Å². The van der Waals surface area contributed by atoms with Crippen LogP contribution >= 0.6 is 0 Å². The summed E-state index contributed by atoms with van der Waals surface area (Å²) >= 11 is 0. The Hall–Kier alpha value is -3.60. The number of aromatic nitrogens is 2. The van der Waals surface area contributed by atoms with Crippen molar-refractivity contribution in [2.24, 2.45) is 0 Å². The lowest BCUT2D eigenvalue weighted by molar-refractivity contribution is 1.10. The molecule has 0 aliphatic heterocycles. The molecule has 0 radical (unpaired) electrons. The zero-order chi connectivity index (χ0) is 20.2. The fraction of sp³-hybridized carbons (Fsp3) is 0.167. The van der Waals surface area contributed by atoms with Crippen LogP contribution in [0.25, 0.3) is 10.9 Å². The largest absolute Gasteiger partial charge is 0.378 e. The number of rotatable bonds is 6. The Morgan fingerprint density at radius 2 is 1.55 bits per heavy atom. The fourth-order valence-electron chi connectivity index (χ4n) is 3.13. The first-order chi connectivity index (χ1) is 14.1. The highest BCUT2D eigenvalue weighted by atomic mass is 15.1. The summed E-state index contributed by atoms with van der Waals surface area (Å²) in [4.78, 5) is 11.5. The third-order valence-corrected chi connectivity index (χ3v) is 4.82. The second kappa shape index (κ2) is 8.19. The van der Waals surface area contributed by atoms with Crippen molar-refractivity contribution < 1.29 is 0 Å². The fourth-order valence-corrected chi connectivity index (χ4v) is 3.13. The van der Waals surface area contributed by atoms with Crippen LogP contribution in [0.2, 0.25) is 0 Å². The molecular weight excluding hydrogens is 358 g/mol. The molecule has 1 aromatic heterocycles. The van der Waals surface area contributed by atoms with E-state index in [0.29, 0.717) is 12.5 Å². The van der Waals surface area contributed by atoms with Gasteiger partial charge in [0.1, 0.15) is 5.82 Å². The van der Waals surface area contributed by atoms with Gasteiger partial charge in [0.15, 0.2) is 0 Å². The maximum atomic E-state index is 4.74. The van der Waals surface area contributed by atoms with Crippen LogP contribution in [0.5, 0.6) is 0 Å². The Bertz CT molecular complexity index is 1100. The van der Waals surface area contributed by atoms with Crippen LogP contribution in [0.1, 0.15) is 11.1 Å². The molecule has 0 fully saturated rings. The van der Waals surface area contributed by atoms with Crippen LogP contribution in [-0.2, 0) is 6.54 Å². The van der Waals surface area contributed by atoms with E-state index < -0.39 is 0 Å². The zero-order valence-corrected chi connectivity index (χ0v) is 17.0. The lowest BCUT2D eigenvalue weighted by Gasteiger charge is -2.14. The van der Waals surface area contributed by atoms with Gasteiger partial charge in [0.25, 0.3) is 0 Å². The van der Waals surface area contributed by atoms with Gasteiger partial charge < -0.3 is 15.5 Å². The molecule has 0 atom stereocenters. The number of hydrogen-bond acceptors (Lipinski definition) is 5. The summed E-state index contributed by atoms with van der Waals surface area (Å²) < 4.78 is 0. The summed E-state index contributed by atoms with van der Waals surface area (Å²) in [5.74, 6) is 1.40. The number of fused-ring (bicyclic) bond motifs is 1. The molecule has 5 heteroatoms. The molecule has 5 nitrogen and oxygen atoms in total. The number of nitrogens with one attached hydrogen (secondary N) is 2. The second-order valence-corrected chi connectivity index (χ2v) is 7.32. The maximum Gasteiger partial charge on any atom is 0.229 e. The van der Waals surface area contributed by atoms with Crippen LogP contribution in [-0.4, -0.2) is 24.1 Å². The van der Waals surface area contributed by atoms with Crippen LogP contribution in [0.4, 0.5) is 23.1 Å². The van der Waals surface area contributed by atoms with Crippen molar-refractivity contribution in [2.75, 3.05) is 29.6 Å². The predicted molar refractivity (Wildman–Crippen MR) is 122 cm³/mol. The number of para-hydroxylation sites is 1. The molecule has 4 aromatic rings. The molecule has 2 N–H and O–H groups in total. The van der Waals surface area contributed by atoms with Crippen molar-refractivity contribution in [2.45, 2.75) is 13.5 Å². The van der Waals surface area contributed by atoms with E-state index in [1.54, 1.807) is 0 Å². The minimum atomic E-state index is 0.577. The van der Waals surface area contributed by atoms with Crippen molar-refractivity contribution in [1.82, 2.24) is 9.97 Å². The van der Waals surface area contributed by atoms with Gasteiger partial charge in [-0.15, -0.1) is 0 Å². The second-order valence-electron chi connectivity index (χ2n) is 7.32. The van der Waals surface area contributed by atoms with Gasteiger partial charge in [-0.05, 0) is 48.9 Å². The summed E-state index contributed by atoms with van der Waals surface area (Å²) in [5, 5.41) is 7.81. The smallest absolute Gasteiger partial charge is 0.229 e. The van der Waals surface area contributed by atoms with Crippen LogP contribution in [0, 0.1) is 6.92 Å². The molecule has 29 heavy (non-hydrogen) atoms. The summed E-state index contributed by atoms with van der Waals surface area (Å²) in [6.45, 7) is 2.80. The van der Waals surface area contributed by atoms with Crippen molar-refractivity contribution >= 4 is 34.0 Å². The van der Waals surface area contributed by atoms with E-state index in [4.69, 9.17) is 4.98 Å². The van der Waals surface area contributed by atoms with Crippen molar-refractivity contribution in [3.05, 3.63) is 83.9 Å². The Kier molecular flexibility index (Phi) is 5.29. The minimum Gasteiger partial charge on any atom is -0.378 e. The average molecular weight is 383 g/mol. The van der Waals surface area contributed by atoms with Crippen LogP contribution in [0.3, 0.4) is 0 Å². The van der Waals surface area contributed by atoms with Gasteiger partial charge in [0.05, 0.1) is 5.52 Å². The summed E-state index contributed by atoms with van der Waals surface area (Å²) in [6, 6.07) is 24.8. The van der Waals surface area contributed by atoms with E-state index in [1.165, 1.54) is 11.1 Å². The van der Waals surface area contributed by atoms with E-state index in [9.17, 15) is 0 Å². The monoisotopic (exact) mass is 383 g/mol. The molecule has 4 rings (SSSR count). The zero-order valence-electron chi connectivity index (χ0n) is 17.0. The number of nitrogens with zero attached hydrogens (tertiary/aromatic N) is 3. The highest BCUT2D eigenvalue weighted by molar-refractivity contribution is 5.90. The van der Waals surface area contributed by atoms with E-state index in [-0.39, 0.29) is 0 Å². The van der Waals surface area contributed by atoms with Gasteiger partial charge in [-0.2, -0.15) is 4.98 Å². The minimum absolute atomic E-state index is 0.577.